The Kier molecular flexibility index (Phi) is 6.64. The minimum atomic E-state index is -1.47. The van der Waals surface area contributed by atoms with Gasteiger partial charge in [0.2, 0.25) is 5.91 Å². The number of fused-ring (bicyclic) bond motifs is 1. The van der Waals surface area contributed by atoms with E-state index in [1.54, 1.807) is 29.2 Å². The Labute approximate surface area is 204 Å². The molecule has 0 saturated carbocycles. The summed E-state index contributed by atoms with van der Waals surface area (Å²) in [5, 5.41) is 16.4. The van der Waals surface area contributed by atoms with E-state index in [0.29, 0.717) is 50.0 Å². The average Bonchev–Trinajstić information content (AvgIpc) is 3.29. The van der Waals surface area contributed by atoms with Crippen LogP contribution in [-0.2, 0) is 9.59 Å². The van der Waals surface area contributed by atoms with Crippen molar-refractivity contribution in [1.29, 1.82) is 0 Å². The molecule has 11 heteroatoms. The Morgan fingerprint density at radius 1 is 1.15 bits per heavy atom. The fourth-order valence-electron chi connectivity index (χ4n) is 4.62. The van der Waals surface area contributed by atoms with Gasteiger partial charge in [0.1, 0.15) is 11.7 Å². The highest BCUT2D eigenvalue weighted by Gasteiger charge is 2.43. The van der Waals surface area contributed by atoms with Crippen molar-refractivity contribution in [3.63, 3.8) is 0 Å². The lowest BCUT2D eigenvalue weighted by atomic mass is 9.95. The molecule has 0 radical (unpaired) electrons. The molecule has 0 bridgehead atoms. The monoisotopic (exact) mass is 490 g/mol. The van der Waals surface area contributed by atoms with Gasteiger partial charge in [-0.2, -0.15) is 0 Å². The molecular formula is C23H31ClN6O4. The first kappa shape index (κ1) is 24.2. The van der Waals surface area contributed by atoms with Gasteiger partial charge in [0.05, 0.1) is 18.9 Å². The van der Waals surface area contributed by atoms with Gasteiger partial charge in [-0.3, -0.25) is 9.59 Å². The number of anilines is 1. The number of carbonyl (C=O) groups excluding carboxylic acids is 3. The van der Waals surface area contributed by atoms with Crippen molar-refractivity contribution in [3.05, 3.63) is 41.2 Å². The SMILES string of the molecule is CN1C=C2C(=O)N(C3CCN(C(=O)C(NC(=O)Nc4ccc(Cl)cc4)C(C)(C)O)CC3)CN2C1. The Hall–Kier alpha value is -2.98. The zero-order chi connectivity index (χ0) is 24.6. The summed E-state index contributed by atoms with van der Waals surface area (Å²) in [6.07, 6.45) is 3.16. The molecule has 3 heterocycles. The number of benzene rings is 1. The van der Waals surface area contributed by atoms with Crippen LogP contribution in [0.5, 0.6) is 0 Å². The molecule has 1 atom stereocenters. The molecule has 2 saturated heterocycles. The highest BCUT2D eigenvalue weighted by molar-refractivity contribution is 6.30. The molecule has 184 valence electrons. The number of piperidine rings is 1. The fourth-order valence-corrected chi connectivity index (χ4v) is 4.74. The molecule has 0 aromatic heterocycles. The first-order chi connectivity index (χ1) is 16.0. The molecule has 3 aliphatic rings. The minimum absolute atomic E-state index is 0.0315. The van der Waals surface area contributed by atoms with Gasteiger partial charge in [-0.1, -0.05) is 11.6 Å². The summed E-state index contributed by atoms with van der Waals surface area (Å²) in [5.74, 6) is -0.320. The quantitative estimate of drug-likeness (QED) is 0.576. The van der Waals surface area contributed by atoms with E-state index in [0.717, 1.165) is 5.70 Å². The molecule has 3 aliphatic heterocycles. The number of carbonyl (C=O) groups is 3. The van der Waals surface area contributed by atoms with Crippen molar-refractivity contribution in [2.75, 3.05) is 38.8 Å². The zero-order valence-corrected chi connectivity index (χ0v) is 20.4. The Morgan fingerprint density at radius 3 is 2.38 bits per heavy atom. The van der Waals surface area contributed by atoms with Gasteiger partial charge in [0, 0.05) is 43.1 Å². The standard InChI is InChI=1S/C23H31ClN6O4/c1-23(2,34)19(26-22(33)25-16-6-4-15(24)5-7-16)21(32)28-10-8-17(9-11-28)30-14-29-13-27(3)12-18(29)20(30)31/h4-7,12,17,19,34H,8-11,13-14H2,1-3H3,(H2,25,26,33). The van der Waals surface area contributed by atoms with Crippen molar-refractivity contribution < 1.29 is 19.5 Å². The zero-order valence-electron chi connectivity index (χ0n) is 19.6. The van der Waals surface area contributed by atoms with Crippen LogP contribution in [0, 0.1) is 0 Å². The minimum Gasteiger partial charge on any atom is -0.388 e. The molecule has 1 aromatic rings. The Bertz CT molecular complexity index is 984. The molecule has 1 unspecified atom stereocenters. The summed E-state index contributed by atoms with van der Waals surface area (Å²) in [7, 11) is 1.94. The number of urea groups is 1. The predicted molar refractivity (Wildman–Crippen MR) is 128 cm³/mol. The van der Waals surface area contributed by atoms with Crippen LogP contribution in [0.15, 0.2) is 36.2 Å². The van der Waals surface area contributed by atoms with Crippen LogP contribution < -0.4 is 10.6 Å². The van der Waals surface area contributed by atoms with Crippen LogP contribution in [0.3, 0.4) is 0 Å². The van der Waals surface area contributed by atoms with E-state index >= 15 is 0 Å². The largest absolute Gasteiger partial charge is 0.388 e. The maximum absolute atomic E-state index is 13.3. The molecule has 34 heavy (non-hydrogen) atoms. The van der Waals surface area contributed by atoms with Crippen molar-refractivity contribution in [2.45, 2.75) is 44.4 Å². The molecule has 4 amide bonds. The topological polar surface area (TPSA) is 108 Å². The van der Waals surface area contributed by atoms with Crippen molar-refractivity contribution in [2.24, 2.45) is 0 Å². The summed E-state index contributed by atoms with van der Waals surface area (Å²) in [4.78, 5) is 46.2. The highest BCUT2D eigenvalue weighted by Crippen LogP contribution is 2.29. The lowest BCUT2D eigenvalue weighted by Crippen LogP contribution is -2.61. The fraction of sp³-hybridized carbons (Fsp3) is 0.522. The third kappa shape index (κ3) is 5.07. The van der Waals surface area contributed by atoms with Crippen molar-refractivity contribution in [1.82, 2.24) is 24.9 Å². The van der Waals surface area contributed by atoms with Gasteiger partial charge >= 0.3 is 6.03 Å². The molecule has 3 N–H and O–H groups in total. The summed E-state index contributed by atoms with van der Waals surface area (Å²) >= 11 is 5.87. The third-order valence-corrected chi connectivity index (χ3v) is 6.68. The van der Waals surface area contributed by atoms with Crippen LogP contribution in [0.25, 0.3) is 0 Å². The molecular weight excluding hydrogens is 460 g/mol. The highest BCUT2D eigenvalue weighted by atomic mass is 35.5. The lowest BCUT2D eigenvalue weighted by molar-refractivity contribution is -0.140. The van der Waals surface area contributed by atoms with Crippen LogP contribution in [0.2, 0.25) is 5.02 Å². The number of likely N-dealkylation sites (tertiary alicyclic amines) is 1. The van der Waals surface area contributed by atoms with Gasteiger partial charge in [-0.25, -0.2) is 4.79 Å². The van der Waals surface area contributed by atoms with E-state index in [9.17, 15) is 19.5 Å². The number of halogens is 1. The summed E-state index contributed by atoms with van der Waals surface area (Å²) in [6, 6.07) is 4.90. The van der Waals surface area contributed by atoms with Crippen molar-refractivity contribution >= 4 is 35.1 Å². The van der Waals surface area contributed by atoms with E-state index in [4.69, 9.17) is 11.6 Å². The number of nitrogens with zero attached hydrogens (tertiary/aromatic N) is 4. The third-order valence-electron chi connectivity index (χ3n) is 6.43. The number of nitrogens with one attached hydrogen (secondary N) is 2. The first-order valence-electron chi connectivity index (χ1n) is 11.3. The maximum atomic E-state index is 13.3. The Morgan fingerprint density at radius 2 is 1.79 bits per heavy atom. The van der Waals surface area contributed by atoms with Crippen LogP contribution in [0.4, 0.5) is 10.5 Å². The smallest absolute Gasteiger partial charge is 0.319 e. The van der Waals surface area contributed by atoms with Gasteiger partial charge < -0.3 is 35.3 Å². The van der Waals surface area contributed by atoms with Gasteiger partial charge in [0.25, 0.3) is 5.91 Å². The Balaban J connectivity index is 1.35. The van der Waals surface area contributed by atoms with Crippen molar-refractivity contribution in [3.8, 4) is 0 Å². The molecule has 1 aromatic carbocycles. The summed E-state index contributed by atoms with van der Waals surface area (Å²) in [5.41, 5.74) is -0.236. The van der Waals surface area contributed by atoms with Crippen LogP contribution in [-0.4, -0.2) is 93.7 Å². The maximum Gasteiger partial charge on any atom is 0.319 e. The van der Waals surface area contributed by atoms with Crippen LogP contribution >= 0.6 is 11.6 Å². The van der Waals surface area contributed by atoms with E-state index in [1.165, 1.54) is 13.8 Å². The van der Waals surface area contributed by atoms with E-state index in [-0.39, 0.29) is 17.9 Å². The number of amides is 4. The summed E-state index contributed by atoms with van der Waals surface area (Å²) < 4.78 is 0. The van der Waals surface area contributed by atoms with E-state index in [2.05, 4.69) is 10.6 Å². The summed E-state index contributed by atoms with van der Waals surface area (Å²) in [6.45, 7) is 5.13. The second-order valence-corrected chi connectivity index (χ2v) is 10.1. The average molecular weight is 491 g/mol. The number of rotatable bonds is 5. The predicted octanol–water partition coefficient (Wildman–Crippen LogP) is 1.44. The first-order valence-corrected chi connectivity index (χ1v) is 11.7. The van der Waals surface area contributed by atoms with E-state index < -0.39 is 17.7 Å². The van der Waals surface area contributed by atoms with Gasteiger partial charge in [-0.15, -0.1) is 0 Å². The normalized spacial score (nSPS) is 19.8. The molecule has 4 rings (SSSR count). The van der Waals surface area contributed by atoms with Gasteiger partial charge in [-0.05, 0) is 51.0 Å². The number of hydrogen-bond donors (Lipinski definition) is 3. The van der Waals surface area contributed by atoms with E-state index in [1.807, 2.05) is 27.9 Å². The van der Waals surface area contributed by atoms with Gasteiger partial charge in [0.15, 0.2) is 0 Å². The molecule has 2 fully saturated rings. The molecule has 0 aliphatic carbocycles. The molecule has 10 nitrogen and oxygen atoms in total. The number of hydrogen-bond acceptors (Lipinski definition) is 6. The van der Waals surface area contributed by atoms with Crippen LogP contribution in [0.1, 0.15) is 26.7 Å². The number of aliphatic hydroxyl groups is 1. The second kappa shape index (κ2) is 9.34. The second-order valence-electron chi connectivity index (χ2n) is 9.62. The lowest BCUT2D eigenvalue weighted by Gasteiger charge is -2.39. The molecule has 0 spiro atoms.